The smallest absolute Gasteiger partial charge is 0.270 e. The van der Waals surface area contributed by atoms with Gasteiger partial charge in [0.25, 0.3) is 5.91 Å². The Kier molecular flexibility index (Phi) is 9.95. The Hall–Kier alpha value is -4.22. The van der Waals surface area contributed by atoms with Gasteiger partial charge in [0.05, 0.1) is 29.1 Å². The molecule has 0 spiro atoms. The number of nitrogens with zero attached hydrogens (tertiary/aromatic N) is 3. The molecule has 3 amide bonds. The molecule has 2 heterocycles. The van der Waals surface area contributed by atoms with Gasteiger partial charge < -0.3 is 25.7 Å². The standard InChI is InChI=1S/C40H50ClN7O4/c1-6-42-37(50)33(26-13-11-23-19-24(26)20-23)47-38(51)40(3,22-52-5)25-12-14-29-30(21-25)45-35(44-29)34(46-36(49)31-15-18-43-48(31)4)32(39(2)16-17-39)27-9-7-8-10-28(27)41/h7-10,12,14-15,18,21,23-24,26,32-34H,6,11,13,16-17,19-20,22H2,1-5H3,(H,42,50)(H,44,45)(H,46,49)(H,47,51)/t23?,24?,26?,32-,33+,34-,40?/m0/s1. The number of hydrogen-bond donors (Lipinski definition) is 4. The molecule has 0 saturated heterocycles. The second-order valence-electron chi connectivity index (χ2n) is 15.7. The summed E-state index contributed by atoms with van der Waals surface area (Å²) in [6.45, 7) is 6.59. The molecule has 2 unspecified atom stereocenters. The van der Waals surface area contributed by atoms with Crippen molar-refractivity contribution in [3.8, 4) is 0 Å². The van der Waals surface area contributed by atoms with E-state index in [1.54, 1.807) is 31.1 Å². The second kappa shape index (κ2) is 14.3. The average molecular weight is 728 g/mol. The highest BCUT2D eigenvalue weighted by Crippen LogP contribution is 2.60. The number of nitrogens with one attached hydrogen (secondary N) is 4. The molecule has 4 aromatic rings. The van der Waals surface area contributed by atoms with Crippen LogP contribution in [0.2, 0.25) is 5.02 Å². The molecule has 2 aromatic carbocycles. The van der Waals surface area contributed by atoms with Crippen LogP contribution >= 0.6 is 11.6 Å². The van der Waals surface area contributed by atoms with Crippen molar-refractivity contribution in [2.24, 2.45) is 30.2 Å². The summed E-state index contributed by atoms with van der Waals surface area (Å²) in [5, 5.41) is 14.3. The largest absolute Gasteiger partial charge is 0.383 e. The van der Waals surface area contributed by atoms with Crippen molar-refractivity contribution in [3.05, 3.63) is 82.4 Å². The predicted octanol–water partition coefficient (Wildman–Crippen LogP) is 5.97. The van der Waals surface area contributed by atoms with Crippen molar-refractivity contribution in [1.29, 1.82) is 0 Å². The van der Waals surface area contributed by atoms with Crippen LogP contribution in [-0.2, 0) is 26.8 Å². The number of methoxy groups -OCH3 is 1. The van der Waals surface area contributed by atoms with Crippen molar-refractivity contribution in [2.45, 2.75) is 82.7 Å². The molecule has 52 heavy (non-hydrogen) atoms. The minimum absolute atomic E-state index is 0.107. The van der Waals surface area contributed by atoms with Crippen LogP contribution < -0.4 is 16.0 Å². The highest BCUT2D eigenvalue weighted by molar-refractivity contribution is 6.31. The van der Waals surface area contributed by atoms with Crippen LogP contribution in [0.1, 0.15) is 98.7 Å². The fourth-order valence-electron chi connectivity index (χ4n) is 8.83. The van der Waals surface area contributed by atoms with E-state index in [0.29, 0.717) is 40.1 Å². The molecule has 12 heteroatoms. The van der Waals surface area contributed by atoms with Crippen LogP contribution in [-0.4, -0.2) is 63.8 Å². The summed E-state index contributed by atoms with van der Waals surface area (Å²) >= 11 is 6.86. The summed E-state index contributed by atoms with van der Waals surface area (Å²) in [7, 11) is 3.32. The fourth-order valence-corrected chi connectivity index (χ4v) is 9.08. The third-order valence-corrected chi connectivity index (χ3v) is 12.5. The zero-order valence-electron chi connectivity index (χ0n) is 30.7. The van der Waals surface area contributed by atoms with Gasteiger partial charge in [0.1, 0.15) is 17.6 Å². The van der Waals surface area contributed by atoms with Crippen molar-refractivity contribution < 1.29 is 19.1 Å². The maximum atomic E-state index is 14.4. The minimum atomic E-state index is -1.11. The first-order valence-electron chi connectivity index (χ1n) is 18.6. The molecule has 2 aromatic heterocycles. The molecule has 0 aliphatic heterocycles. The Balaban J connectivity index is 1.24. The fraction of sp³-hybridized carbons (Fsp3) is 0.525. The summed E-state index contributed by atoms with van der Waals surface area (Å²) in [5.74, 6) is 1.07. The van der Waals surface area contributed by atoms with Crippen LogP contribution in [0.15, 0.2) is 54.7 Å². The Morgan fingerprint density at radius 1 is 1.12 bits per heavy atom. The van der Waals surface area contributed by atoms with Crippen LogP contribution in [0, 0.1) is 23.2 Å². The molecule has 4 aliphatic rings. The van der Waals surface area contributed by atoms with Crippen LogP contribution in [0.4, 0.5) is 0 Å². The second-order valence-corrected chi connectivity index (χ2v) is 16.2. The third-order valence-electron chi connectivity index (χ3n) is 12.2. The van der Waals surface area contributed by atoms with E-state index in [9.17, 15) is 14.4 Å². The molecule has 4 aliphatic carbocycles. The Morgan fingerprint density at radius 3 is 2.52 bits per heavy atom. The highest BCUT2D eigenvalue weighted by atomic mass is 35.5. The number of fused-ring (bicyclic) bond motifs is 3. The monoisotopic (exact) mass is 727 g/mol. The molecule has 11 nitrogen and oxygen atoms in total. The first kappa shape index (κ1) is 36.2. The van der Waals surface area contributed by atoms with Gasteiger partial charge in [0, 0.05) is 37.8 Å². The van der Waals surface area contributed by atoms with Crippen LogP contribution in [0.3, 0.4) is 0 Å². The van der Waals surface area contributed by atoms with Gasteiger partial charge >= 0.3 is 0 Å². The van der Waals surface area contributed by atoms with Gasteiger partial charge in [-0.2, -0.15) is 5.10 Å². The van der Waals surface area contributed by atoms with Gasteiger partial charge in [-0.25, -0.2) is 4.98 Å². The maximum absolute atomic E-state index is 14.4. The summed E-state index contributed by atoms with van der Waals surface area (Å²) in [6.07, 6.45) is 7.86. The number of likely N-dealkylation sites (N-methyl/N-ethyl adjacent to an activating group) is 1. The molecule has 2 bridgehead atoms. The molecule has 4 fully saturated rings. The number of amides is 3. The Bertz CT molecular complexity index is 1960. The van der Waals surface area contributed by atoms with Crippen molar-refractivity contribution in [3.63, 3.8) is 0 Å². The van der Waals surface area contributed by atoms with Gasteiger partial charge in [-0.15, -0.1) is 0 Å². The van der Waals surface area contributed by atoms with E-state index in [1.165, 1.54) is 0 Å². The zero-order chi connectivity index (χ0) is 36.8. The lowest BCUT2D eigenvalue weighted by Crippen LogP contribution is -2.59. The van der Waals surface area contributed by atoms with Gasteiger partial charge in [-0.05, 0) is 105 Å². The average Bonchev–Trinajstić information content (AvgIpc) is 3.48. The molecule has 8 rings (SSSR count). The number of rotatable bonds is 14. The first-order chi connectivity index (χ1) is 25.0. The Morgan fingerprint density at radius 2 is 1.88 bits per heavy atom. The minimum Gasteiger partial charge on any atom is -0.383 e. The van der Waals surface area contributed by atoms with Gasteiger partial charge in [-0.1, -0.05) is 49.2 Å². The quantitative estimate of drug-likeness (QED) is 0.126. The van der Waals surface area contributed by atoms with Crippen molar-refractivity contribution in [1.82, 2.24) is 35.7 Å². The lowest BCUT2D eigenvalue weighted by molar-refractivity contribution is -0.136. The number of hydrogen-bond acceptors (Lipinski definition) is 6. The Labute approximate surface area is 310 Å². The molecular formula is C40H50ClN7O4. The number of aromatic amines is 1. The summed E-state index contributed by atoms with van der Waals surface area (Å²) in [6, 6.07) is 14.1. The highest BCUT2D eigenvalue weighted by Gasteiger charge is 2.51. The van der Waals surface area contributed by atoms with Crippen LogP contribution in [0.25, 0.3) is 11.0 Å². The van der Waals surface area contributed by atoms with Crippen molar-refractivity contribution in [2.75, 3.05) is 20.3 Å². The SMILES string of the molecule is CCNC(=O)[C@H](NC(=O)C(C)(COC)c1ccc2[nH]c([C@@H](NC(=O)c3ccnn3C)[C@H](c3ccccc3Cl)C3(C)CC3)nc2c1)C1CCC2CC1C2. The van der Waals surface area contributed by atoms with E-state index in [0.717, 1.165) is 55.5 Å². The number of carbonyl (C=O) groups excluding carboxylic acids is 3. The number of aryl methyl sites for hydroxylation is 1. The summed E-state index contributed by atoms with van der Waals surface area (Å²) < 4.78 is 7.22. The number of ether oxygens (including phenoxy) is 1. The first-order valence-corrected chi connectivity index (χ1v) is 18.9. The number of carbonyl (C=O) groups is 3. The lowest BCUT2D eigenvalue weighted by atomic mass is 9.58. The summed E-state index contributed by atoms with van der Waals surface area (Å²) in [4.78, 5) is 50.2. The molecule has 4 N–H and O–H groups in total. The van der Waals surface area contributed by atoms with Gasteiger partial charge in [0.15, 0.2) is 0 Å². The van der Waals surface area contributed by atoms with Gasteiger partial charge in [0.2, 0.25) is 11.8 Å². The van der Waals surface area contributed by atoms with Crippen LogP contribution in [0.5, 0.6) is 0 Å². The molecular weight excluding hydrogens is 678 g/mol. The lowest BCUT2D eigenvalue weighted by Gasteiger charge is -2.49. The normalized spacial score (nSPS) is 23.1. The van der Waals surface area contributed by atoms with Crippen molar-refractivity contribution >= 4 is 40.4 Å². The zero-order valence-corrected chi connectivity index (χ0v) is 31.4. The number of halogens is 1. The number of benzene rings is 2. The topological polar surface area (TPSA) is 143 Å². The molecule has 276 valence electrons. The molecule has 5 atom stereocenters. The maximum Gasteiger partial charge on any atom is 0.270 e. The van der Waals surface area contributed by atoms with E-state index >= 15 is 0 Å². The number of imidazole rings is 1. The number of H-pyrrole nitrogens is 1. The van der Waals surface area contributed by atoms with E-state index in [-0.39, 0.29) is 41.6 Å². The van der Waals surface area contributed by atoms with E-state index in [2.05, 4.69) is 33.0 Å². The van der Waals surface area contributed by atoms with E-state index in [4.69, 9.17) is 21.3 Å². The molecule has 0 radical (unpaired) electrons. The third kappa shape index (κ3) is 6.73. The molecule has 4 saturated carbocycles. The predicted molar refractivity (Wildman–Crippen MR) is 200 cm³/mol. The van der Waals surface area contributed by atoms with E-state index in [1.807, 2.05) is 56.3 Å². The number of aromatic nitrogens is 4. The summed E-state index contributed by atoms with van der Waals surface area (Å²) in [5.41, 5.74) is 2.27. The van der Waals surface area contributed by atoms with Gasteiger partial charge in [-0.3, -0.25) is 19.1 Å². The van der Waals surface area contributed by atoms with E-state index < -0.39 is 17.5 Å².